The van der Waals surface area contributed by atoms with Crippen LogP contribution >= 0.6 is 0 Å². The number of rotatable bonds is 3. The lowest BCUT2D eigenvalue weighted by molar-refractivity contribution is -0.118. The van der Waals surface area contributed by atoms with Crippen LogP contribution in [0, 0.1) is 6.92 Å². The van der Waals surface area contributed by atoms with Crippen LogP contribution < -0.4 is 14.4 Å². The Hall–Kier alpha value is -2.61. The Kier molecular flexibility index (Phi) is 4.15. The van der Waals surface area contributed by atoms with Crippen LogP contribution in [-0.4, -0.2) is 33.0 Å². The molecule has 24 heavy (non-hydrogen) atoms. The molecule has 0 aliphatic carbocycles. The largest absolute Gasteiger partial charge is 0.491 e. The lowest BCUT2D eigenvalue weighted by Gasteiger charge is -2.17. The number of benzene rings is 1. The lowest BCUT2D eigenvalue weighted by Crippen LogP contribution is -2.25. The Morgan fingerprint density at radius 1 is 1.25 bits per heavy atom. The SMILES string of the molecule is Cc1cc(NS(=O)(=O)c2ccc3c(c2)N(C)C(=O)CCO3)ccn1. The van der Waals surface area contributed by atoms with Crippen molar-refractivity contribution in [2.45, 2.75) is 18.2 Å². The van der Waals surface area contributed by atoms with Crippen LogP contribution in [0.25, 0.3) is 0 Å². The molecule has 1 amide bonds. The minimum atomic E-state index is -3.79. The van der Waals surface area contributed by atoms with E-state index < -0.39 is 10.0 Å². The van der Waals surface area contributed by atoms with Crippen LogP contribution in [0.5, 0.6) is 5.75 Å². The topological polar surface area (TPSA) is 88.6 Å². The van der Waals surface area contributed by atoms with Crippen molar-refractivity contribution in [3.63, 3.8) is 0 Å². The van der Waals surface area contributed by atoms with Gasteiger partial charge in [0.25, 0.3) is 10.0 Å². The molecule has 2 heterocycles. The first-order valence-corrected chi connectivity index (χ1v) is 8.84. The number of ether oxygens (including phenoxy) is 1. The summed E-state index contributed by atoms with van der Waals surface area (Å²) in [4.78, 5) is 17.4. The maximum atomic E-state index is 12.6. The second kappa shape index (κ2) is 6.12. The van der Waals surface area contributed by atoms with Gasteiger partial charge in [-0.15, -0.1) is 0 Å². The fraction of sp³-hybridized carbons (Fsp3) is 0.250. The van der Waals surface area contributed by atoms with Crippen molar-refractivity contribution < 1.29 is 17.9 Å². The average molecular weight is 347 g/mol. The third kappa shape index (κ3) is 3.18. The average Bonchev–Trinajstić information content (AvgIpc) is 2.66. The summed E-state index contributed by atoms with van der Waals surface area (Å²) >= 11 is 0. The number of nitrogens with zero attached hydrogens (tertiary/aromatic N) is 2. The number of nitrogens with one attached hydrogen (secondary N) is 1. The van der Waals surface area contributed by atoms with E-state index in [1.54, 1.807) is 32.2 Å². The number of sulfonamides is 1. The molecule has 126 valence electrons. The molecule has 2 aromatic rings. The smallest absolute Gasteiger partial charge is 0.261 e. The standard InChI is InChI=1S/C16H17N3O4S/c1-11-9-12(5-7-17-11)18-24(21,22)13-3-4-15-14(10-13)19(2)16(20)6-8-23-15/h3-5,7,9-10H,6,8H2,1-2H3,(H,17,18). The Bertz CT molecular complexity index is 896. The fourth-order valence-corrected chi connectivity index (χ4v) is 3.49. The third-order valence-electron chi connectivity index (χ3n) is 3.70. The molecule has 3 rings (SSSR count). The van der Waals surface area contributed by atoms with Gasteiger partial charge in [0.05, 0.1) is 29.3 Å². The molecule has 0 saturated carbocycles. The van der Waals surface area contributed by atoms with Gasteiger partial charge in [-0.3, -0.25) is 14.5 Å². The van der Waals surface area contributed by atoms with Crippen molar-refractivity contribution in [1.82, 2.24) is 4.98 Å². The number of aryl methyl sites for hydroxylation is 1. The first kappa shape index (κ1) is 16.3. The number of anilines is 2. The van der Waals surface area contributed by atoms with Crippen molar-refractivity contribution in [2.24, 2.45) is 0 Å². The quantitative estimate of drug-likeness (QED) is 0.916. The van der Waals surface area contributed by atoms with E-state index in [0.29, 0.717) is 22.8 Å². The minimum absolute atomic E-state index is 0.0564. The molecule has 1 aromatic heterocycles. The van der Waals surface area contributed by atoms with E-state index in [-0.39, 0.29) is 23.8 Å². The van der Waals surface area contributed by atoms with Gasteiger partial charge in [-0.2, -0.15) is 0 Å². The van der Waals surface area contributed by atoms with E-state index in [1.165, 1.54) is 23.2 Å². The van der Waals surface area contributed by atoms with Gasteiger partial charge < -0.3 is 9.64 Å². The monoisotopic (exact) mass is 347 g/mol. The number of pyridine rings is 1. The number of carbonyl (C=O) groups excluding carboxylic acids is 1. The molecule has 8 heteroatoms. The van der Waals surface area contributed by atoms with Crippen LogP contribution in [-0.2, 0) is 14.8 Å². The molecule has 1 aliphatic heterocycles. The summed E-state index contributed by atoms with van der Waals surface area (Å²) in [6.07, 6.45) is 1.78. The van der Waals surface area contributed by atoms with Gasteiger partial charge >= 0.3 is 0 Å². The van der Waals surface area contributed by atoms with Crippen molar-refractivity contribution >= 4 is 27.3 Å². The lowest BCUT2D eigenvalue weighted by atomic mass is 10.2. The molecule has 0 fully saturated rings. The summed E-state index contributed by atoms with van der Waals surface area (Å²) in [7, 11) is -2.18. The van der Waals surface area contributed by atoms with Crippen molar-refractivity contribution in [3.05, 3.63) is 42.2 Å². The molecule has 0 unspecified atom stereocenters. The zero-order valence-electron chi connectivity index (χ0n) is 13.3. The van der Waals surface area contributed by atoms with E-state index in [0.717, 1.165) is 0 Å². The number of carbonyl (C=O) groups is 1. The number of fused-ring (bicyclic) bond motifs is 1. The summed E-state index contributed by atoms with van der Waals surface area (Å²) in [6.45, 7) is 2.05. The van der Waals surface area contributed by atoms with Gasteiger partial charge in [-0.05, 0) is 37.3 Å². The van der Waals surface area contributed by atoms with E-state index in [4.69, 9.17) is 4.74 Å². The van der Waals surface area contributed by atoms with E-state index in [2.05, 4.69) is 9.71 Å². The molecule has 7 nitrogen and oxygen atoms in total. The van der Waals surface area contributed by atoms with Gasteiger partial charge in [0.2, 0.25) is 5.91 Å². The van der Waals surface area contributed by atoms with Crippen LogP contribution in [0.15, 0.2) is 41.4 Å². The second-order valence-electron chi connectivity index (χ2n) is 5.47. The maximum absolute atomic E-state index is 12.6. The van der Waals surface area contributed by atoms with Crippen LogP contribution in [0.3, 0.4) is 0 Å². The van der Waals surface area contributed by atoms with Crippen molar-refractivity contribution in [3.8, 4) is 5.75 Å². The van der Waals surface area contributed by atoms with Gasteiger partial charge in [0.15, 0.2) is 0 Å². The van der Waals surface area contributed by atoms with E-state index in [9.17, 15) is 13.2 Å². The number of aromatic nitrogens is 1. The molecule has 1 aliphatic rings. The third-order valence-corrected chi connectivity index (χ3v) is 5.08. The van der Waals surface area contributed by atoms with Crippen LogP contribution in [0.4, 0.5) is 11.4 Å². The van der Waals surface area contributed by atoms with Crippen molar-refractivity contribution in [1.29, 1.82) is 0 Å². The summed E-state index contributed by atoms with van der Waals surface area (Å²) in [5.41, 5.74) is 1.57. The van der Waals surface area contributed by atoms with Crippen LogP contribution in [0.2, 0.25) is 0 Å². The van der Waals surface area contributed by atoms with Gasteiger partial charge in [0.1, 0.15) is 5.75 Å². The predicted molar refractivity (Wildman–Crippen MR) is 89.7 cm³/mol. The highest BCUT2D eigenvalue weighted by Crippen LogP contribution is 2.33. The molecule has 1 N–H and O–H groups in total. The summed E-state index contributed by atoms with van der Waals surface area (Å²) in [6, 6.07) is 7.68. The molecular formula is C16H17N3O4S. The highest BCUT2D eigenvalue weighted by Gasteiger charge is 2.23. The molecule has 0 spiro atoms. The summed E-state index contributed by atoms with van der Waals surface area (Å²) < 4.78 is 33.2. The first-order chi connectivity index (χ1) is 11.4. The van der Waals surface area contributed by atoms with Gasteiger partial charge in [-0.25, -0.2) is 8.42 Å². The normalized spacial score (nSPS) is 14.6. The highest BCUT2D eigenvalue weighted by atomic mass is 32.2. The Balaban J connectivity index is 1.97. The zero-order chi connectivity index (χ0) is 17.3. The van der Waals surface area contributed by atoms with E-state index in [1.807, 2.05) is 0 Å². The molecule has 0 radical (unpaired) electrons. The van der Waals surface area contributed by atoms with Crippen molar-refractivity contribution in [2.75, 3.05) is 23.3 Å². The van der Waals surface area contributed by atoms with Crippen LogP contribution in [0.1, 0.15) is 12.1 Å². The molecule has 1 aromatic carbocycles. The number of amides is 1. The molecule has 0 bridgehead atoms. The maximum Gasteiger partial charge on any atom is 0.261 e. The van der Waals surface area contributed by atoms with E-state index >= 15 is 0 Å². The Morgan fingerprint density at radius 3 is 2.79 bits per heavy atom. The molecule has 0 atom stereocenters. The fourth-order valence-electron chi connectivity index (χ4n) is 2.42. The first-order valence-electron chi connectivity index (χ1n) is 7.36. The highest BCUT2D eigenvalue weighted by molar-refractivity contribution is 7.92. The number of hydrogen-bond donors (Lipinski definition) is 1. The summed E-state index contributed by atoms with van der Waals surface area (Å²) in [5.74, 6) is 0.364. The zero-order valence-corrected chi connectivity index (χ0v) is 14.1. The second-order valence-corrected chi connectivity index (χ2v) is 7.15. The number of hydrogen-bond acceptors (Lipinski definition) is 5. The summed E-state index contributed by atoms with van der Waals surface area (Å²) in [5, 5.41) is 0. The minimum Gasteiger partial charge on any atom is -0.491 e. The predicted octanol–water partition coefficient (Wildman–Crippen LogP) is 1.94. The molecular weight excluding hydrogens is 330 g/mol. The molecule has 0 saturated heterocycles. The Labute approximate surface area is 140 Å². The van der Waals surface area contributed by atoms with Gasteiger partial charge in [0, 0.05) is 18.9 Å². The Morgan fingerprint density at radius 2 is 2.04 bits per heavy atom. The van der Waals surface area contributed by atoms with Gasteiger partial charge in [-0.1, -0.05) is 0 Å².